The van der Waals surface area contributed by atoms with Crippen molar-refractivity contribution < 1.29 is 4.79 Å². The largest absolute Gasteiger partial charge is 0.371 e. The number of rotatable bonds is 5. The molecule has 2 fully saturated rings. The third-order valence-electron chi connectivity index (χ3n) is 6.63. The summed E-state index contributed by atoms with van der Waals surface area (Å²) in [7, 11) is 0. The quantitative estimate of drug-likeness (QED) is 0.649. The van der Waals surface area contributed by atoms with E-state index >= 15 is 0 Å². The zero-order chi connectivity index (χ0) is 21.9. The molecule has 5 rings (SSSR count). The second kappa shape index (κ2) is 9.07. The van der Waals surface area contributed by atoms with Crippen molar-refractivity contribution in [2.24, 2.45) is 0 Å². The monoisotopic (exact) mass is 429 g/mol. The zero-order valence-corrected chi connectivity index (χ0v) is 18.7. The van der Waals surface area contributed by atoms with Crippen LogP contribution in [0.15, 0.2) is 60.8 Å². The van der Waals surface area contributed by atoms with Crippen LogP contribution in [0.25, 0.3) is 5.69 Å². The van der Waals surface area contributed by atoms with Gasteiger partial charge in [0.15, 0.2) is 0 Å². The first-order valence-corrected chi connectivity index (χ1v) is 11.7. The lowest BCUT2D eigenvalue weighted by molar-refractivity contribution is 0.0793. The van der Waals surface area contributed by atoms with E-state index in [4.69, 9.17) is 0 Å². The number of nitrogens with zero attached hydrogens (tertiary/aromatic N) is 4. The van der Waals surface area contributed by atoms with Crippen LogP contribution in [0, 0.1) is 6.92 Å². The summed E-state index contributed by atoms with van der Waals surface area (Å²) in [5, 5.41) is 8.32. The SMILES string of the molecule is Cc1ccc(N2CCC(Nc3c(C(=O)N4CCCC4)cnn3-c3ccccc3)CC2)cc1. The Kier molecular flexibility index (Phi) is 5.84. The molecule has 3 aromatic rings. The Morgan fingerprint density at radius 3 is 2.28 bits per heavy atom. The van der Waals surface area contributed by atoms with Gasteiger partial charge in [-0.25, -0.2) is 4.68 Å². The van der Waals surface area contributed by atoms with Crippen LogP contribution in [0.4, 0.5) is 11.5 Å². The predicted molar refractivity (Wildman–Crippen MR) is 129 cm³/mol. The molecule has 3 heterocycles. The molecule has 6 nitrogen and oxygen atoms in total. The molecule has 0 aliphatic carbocycles. The second-order valence-corrected chi connectivity index (χ2v) is 8.89. The van der Waals surface area contributed by atoms with Crippen LogP contribution in [0.5, 0.6) is 0 Å². The first-order valence-electron chi connectivity index (χ1n) is 11.7. The van der Waals surface area contributed by atoms with Crippen LogP contribution < -0.4 is 10.2 Å². The van der Waals surface area contributed by atoms with Crippen LogP contribution in [0.2, 0.25) is 0 Å². The van der Waals surface area contributed by atoms with Gasteiger partial charge < -0.3 is 15.1 Å². The van der Waals surface area contributed by atoms with Crippen molar-refractivity contribution in [3.63, 3.8) is 0 Å². The number of carbonyl (C=O) groups excluding carboxylic acids is 1. The molecule has 0 radical (unpaired) electrons. The van der Waals surface area contributed by atoms with Gasteiger partial charge in [0.25, 0.3) is 5.91 Å². The van der Waals surface area contributed by atoms with Crippen molar-refractivity contribution in [2.75, 3.05) is 36.4 Å². The average Bonchev–Trinajstić information content (AvgIpc) is 3.51. The van der Waals surface area contributed by atoms with Crippen molar-refractivity contribution in [3.05, 3.63) is 71.9 Å². The third-order valence-corrected chi connectivity index (χ3v) is 6.63. The highest BCUT2D eigenvalue weighted by atomic mass is 16.2. The number of nitrogens with one attached hydrogen (secondary N) is 1. The number of hydrogen-bond donors (Lipinski definition) is 1. The first-order chi connectivity index (χ1) is 15.7. The van der Waals surface area contributed by atoms with Crippen LogP contribution in [-0.2, 0) is 0 Å². The fourth-order valence-corrected chi connectivity index (χ4v) is 4.73. The molecule has 1 aromatic heterocycles. The topological polar surface area (TPSA) is 53.4 Å². The van der Waals surface area contributed by atoms with Gasteiger partial charge in [0.2, 0.25) is 0 Å². The molecule has 6 heteroatoms. The molecule has 1 amide bonds. The molecule has 0 unspecified atom stereocenters. The summed E-state index contributed by atoms with van der Waals surface area (Å²) in [5.41, 5.74) is 4.22. The zero-order valence-electron chi connectivity index (χ0n) is 18.7. The molecule has 0 bridgehead atoms. The van der Waals surface area contributed by atoms with Gasteiger partial charge in [0, 0.05) is 37.9 Å². The van der Waals surface area contributed by atoms with Crippen molar-refractivity contribution in [1.82, 2.24) is 14.7 Å². The first kappa shape index (κ1) is 20.6. The Bertz CT molecular complexity index is 1050. The highest BCUT2D eigenvalue weighted by Crippen LogP contribution is 2.27. The number of amides is 1. The van der Waals surface area contributed by atoms with E-state index in [-0.39, 0.29) is 5.91 Å². The van der Waals surface area contributed by atoms with Gasteiger partial charge in [-0.2, -0.15) is 5.10 Å². The van der Waals surface area contributed by atoms with Crippen molar-refractivity contribution in [1.29, 1.82) is 0 Å². The minimum Gasteiger partial charge on any atom is -0.371 e. The number of aromatic nitrogens is 2. The van der Waals surface area contributed by atoms with Gasteiger partial charge in [0.1, 0.15) is 11.4 Å². The van der Waals surface area contributed by atoms with Crippen molar-refractivity contribution >= 4 is 17.4 Å². The molecule has 0 saturated carbocycles. The number of para-hydroxylation sites is 1. The fraction of sp³-hybridized carbons (Fsp3) is 0.385. The van der Waals surface area contributed by atoms with Gasteiger partial charge in [-0.05, 0) is 56.9 Å². The lowest BCUT2D eigenvalue weighted by atomic mass is 10.0. The van der Waals surface area contributed by atoms with Crippen LogP contribution in [-0.4, -0.2) is 52.8 Å². The van der Waals surface area contributed by atoms with E-state index < -0.39 is 0 Å². The van der Waals surface area contributed by atoms with Crippen LogP contribution in [0.3, 0.4) is 0 Å². The molecule has 2 aliphatic heterocycles. The normalized spacial score (nSPS) is 17.0. The Labute approximate surface area is 189 Å². The number of piperidine rings is 1. The number of carbonyl (C=O) groups is 1. The summed E-state index contributed by atoms with van der Waals surface area (Å²) in [6.45, 7) is 5.79. The molecule has 2 saturated heterocycles. The summed E-state index contributed by atoms with van der Waals surface area (Å²) >= 11 is 0. The summed E-state index contributed by atoms with van der Waals surface area (Å²) < 4.78 is 1.88. The van der Waals surface area contributed by atoms with Gasteiger partial charge >= 0.3 is 0 Å². The van der Waals surface area contributed by atoms with E-state index in [2.05, 4.69) is 46.5 Å². The average molecular weight is 430 g/mol. The van der Waals surface area contributed by atoms with E-state index in [1.807, 2.05) is 39.9 Å². The smallest absolute Gasteiger partial charge is 0.259 e. The molecule has 32 heavy (non-hydrogen) atoms. The van der Waals surface area contributed by atoms with Crippen LogP contribution in [0.1, 0.15) is 41.6 Å². The fourth-order valence-electron chi connectivity index (χ4n) is 4.73. The van der Waals surface area contributed by atoms with E-state index in [0.29, 0.717) is 11.6 Å². The van der Waals surface area contributed by atoms with E-state index in [9.17, 15) is 4.79 Å². The lowest BCUT2D eigenvalue weighted by Gasteiger charge is -2.34. The molecular formula is C26H31N5O. The van der Waals surface area contributed by atoms with Gasteiger partial charge in [0.05, 0.1) is 11.9 Å². The number of benzene rings is 2. The lowest BCUT2D eigenvalue weighted by Crippen LogP contribution is -2.40. The molecule has 1 N–H and O–H groups in total. The maximum Gasteiger partial charge on any atom is 0.259 e. The standard InChI is InChI=1S/C26H31N5O/c1-20-9-11-22(12-10-20)29-17-13-21(14-18-29)28-25-24(26(32)30-15-5-6-16-30)19-27-31(25)23-7-3-2-4-8-23/h2-4,7-12,19,21,28H,5-6,13-18H2,1H3. The van der Waals surface area contributed by atoms with Crippen LogP contribution >= 0.6 is 0 Å². The van der Waals surface area contributed by atoms with E-state index in [0.717, 1.165) is 63.4 Å². The maximum atomic E-state index is 13.2. The van der Waals surface area contributed by atoms with Gasteiger partial charge in [-0.15, -0.1) is 0 Å². The highest BCUT2D eigenvalue weighted by Gasteiger charge is 2.28. The maximum absolute atomic E-state index is 13.2. The van der Waals surface area contributed by atoms with Crippen molar-refractivity contribution in [3.8, 4) is 5.69 Å². The second-order valence-electron chi connectivity index (χ2n) is 8.89. The minimum absolute atomic E-state index is 0.0873. The summed E-state index contributed by atoms with van der Waals surface area (Å²) in [6.07, 6.45) is 5.94. The highest BCUT2D eigenvalue weighted by molar-refractivity contribution is 5.99. The number of aryl methyl sites for hydroxylation is 1. The van der Waals surface area contributed by atoms with E-state index in [1.165, 1.54) is 11.3 Å². The minimum atomic E-state index is 0.0873. The van der Waals surface area contributed by atoms with Gasteiger partial charge in [-0.1, -0.05) is 35.9 Å². The number of anilines is 2. The number of hydrogen-bond acceptors (Lipinski definition) is 4. The molecule has 2 aliphatic rings. The van der Waals surface area contributed by atoms with Crippen molar-refractivity contribution in [2.45, 2.75) is 38.6 Å². The third kappa shape index (κ3) is 4.22. The summed E-state index contributed by atoms with van der Waals surface area (Å²) in [4.78, 5) is 17.6. The Balaban J connectivity index is 1.35. The Morgan fingerprint density at radius 1 is 0.906 bits per heavy atom. The van der Waals surface area contributed by atoms with Gasteiger partial charge in [-0.3, -0.25) is 4.79 Å². The molecular weight excluding hydrogens is 398 g/mol. The molecule has 0 spiro atoms. The number of likely N-dealkylation sites (tertiary alicyclic amines) is 1. The summed E-state index contributed by atoms with van der Waals surface area (Å²) in [6, 6.07) is 19.1. The van der Waals surface area contributed by atoms with E-state index in [1.54, 1.807) is 6.20 Å². The molecule has 0 atom stereocenters. The predicted octanol–water partition coefficient (Wildman–Crippen LogP) is 4.50. The molecule has 166 valence electrons. The Morgan fingerprint density at radius 2 is 1.59 bits per heavy atom. The Hall–Kier alpha value is -3.28. The molecule has 2 aromatic carbocycles. The summed E-state index contributed by atoms with van der Waals surface area (Å²) in [5.74, 6) is 0.908.